The molecule has 0 aromatic rings. The first-order valence-electron chi connectivity index (χ1n) is 3.27. The van der Waals surface area contributed by atoms with Crippen molar-refractivity contribution < 1.29 is 0 Å². The molecule has 1 aliphatic heterocycles. The van der Waals surface area contributed by atoms with Gasteiger partial charge in [-0.15, -0.1) is 0 Å². The monoisotopic (exact) mass is 119 g/mol. The van der Waals surface area contributed by atoms with Crippen LogP contribution in [0, 0.1) is 0 Å². The fraction of sp³-hybridized carbons (Fsp3) is 0.250. The zero-order valence-corrected chi connectivity index (χ0v) is 5.22. The number of nitrogens with one attached hydrogen (secondary N) is 1. The summed E-state index contributed by atoms with van der Waals surface area (Å²) in [5, 5.41) is 3.31. The van der Waals surface area contributed by atoms with E-state index in [-0.39, 0.29) is 0 Å². The summed E-state index contributed by atoms with van der Waals surface area (Å²) < 4.78 is 0. The van der Waals surface area contributed by atoms with Gasteiger partial charge in [-0.3, -0.25) is 0 Å². The molecule has 46 valence electrons. The molecule has 0 saturated carbocycles. The molecule has 1 aliphatic carbocycles. The summed E-state index contributed by atoms with van der Waals surface area (Å²) in [5.41, 5.74) is 2.75. The first kappa shape index (κ1) is 4.86. The molecule has 0 atom stereocenters. The van der Waals surface area contributed by atoms with Crippen molar-refractivity contribution in [3.05, 3.63) is 35.6 Å². The van der Waals surface area contributed by atoms with Gasteiger partial charge in [0.2, 0.25) is 0 Å². The van der Waals surface area contributed by atoms with Crippen molar-refractivity contribution in [3.63, 3.8) is 0 Å². The van der Waals surface area contributed by atoms with E-state index in [4.69, 9.17) is 0 Å². The van der Waals surface area contributed by atoms with Crippen molar-refractivity contribution >= 4 is 0 Å². The molecular weight excluding hydrogens is 110 g/mol. The molecule has 1 nitrogen and oxygen atoms in total. The molecule has 1 heteroatoms. The maximum absolute atomic E-state index is 3.31. The highest BCUT2D eigenvalue weighted by atomic mass is 14.9. The number of dihydropyridines is 1. The summed E-state index contributed by atoms with van der Waals surface area (Å²) in [7, 11) is 0. The smallest absolute Gasteiger partial charge is 0.0331 e. The van der Waals surface area contributed by atoms with Crippen molar-refractivity contribution in [1.29, 1.82) is 0 Å². The fourth-order valence-electron chi connectivity index (χ4n) is 1.22. The van der Waals surface area contributed by atoms with Gasteiger partial charge in [-0.05, 0) is 5.57 Å². The van der Waals surface area contributed by atoms with Gasteiger partial charge < -0.3 is 5.32 Å². The topological polar surface area (TPSA) is 12.0 Å². The van der Waals surface area contributed by atoms with Crippen molar-refractivity contribution in [2.24, 2.45) is 0 Å². The fourth-order valence-corrected chi connectivity index (χ4v) is 1.22. The van der Waals surface area contributed by atoms with E-state index in [2.05, 4.69) is 29.6 Å². The lowest BCUT2D eigenvalue weighted by molar-refractivity contribution is 0.859. The van der Waals surface area contributed by atoms with Crippen LogP contribution in [-0.4, -0.2) is 6.54 Å². The number of allylic oxidation sites excluding steroid dienone is 4. The van der Waals surface area contributed by atoms with E-state index >= 15 is 0 Å². The van der Waals surface area contributed by atoms with Crippen molar-refractivity contribution in [3.8, 4) is 0 Å². The molecule has 0 aromatic carbocycles. The molecule has 0 unspecified atom stereocenters. The molecule has 1 N–H and O–H groups in total. The molecule has 0 bridgehead atoms. The lowest BCUT2D eigenvalue weighted by Gasteiger charge is -2.09. The van der Waals surface area contributed by atoms with Crippen LogP contribution in [0.15, 0.2) is 35.6 Å². The van der Waals surface area contributed by atoms with Gasteiger partial charge in [0.15, 0.2) is 0 Å². The lowest BCUT2D eigenvalue weighted by atomic mass is 10.2. The molecule has 0 radical (unpaired) electrons. The average Bonchev–Trinajstić information content (AvgIpc) is 2.33. The molecule has 0 amide bonds. The molecule has 0 aromatic heterocycles. The standard InChI is InChI=1S/C8H9N/c1-3-7-4-2-6-9-8(7)5-1/h1-4,9H,5-6H2. The second kappa shape index (κ2) is 1.76. The third-order valence-corrected chi connectivity index (χ3v) is 1.70. The summed E-state index contributed by atoms with van der Waals surface area (Å²) in [6, 6.07) is 0. The Morgan fingerprint density at radius 1 is 1.22 bits per heavy atom. The Balaban J connectivity index is 2.35. The van der Waals surface area contributed by atoms with Gasteiger partial charge in [0.05, 0.1) is 0 Å². The first-order valence-corrected chi connectivity index (χ1v) is 3.27. The van der Waals surface area contributed by atoms with Crippen molar-refractivity contribution in [2.75, 3.05) is 6.54 Å². The van der Waals surface area contributed by atoms with Crippen LogP contribution in [0.3, 0.4) is 0 Å². The van der Waals surface area contributed by atoms with Gasteiger partial charge in [-0.2, -0.15) is 0 Å². The van der Waals surface area contributed by atoms with Crippen LogP contribution < -0.4 is 5.32 Å². The first-order chi connectivity index (χ1) is 4.47. The summed E-state index contributed by atoms with van der Waals surface area (Å²) in [6.07, 6.45) is 9.77. The van der Waals surface area contributed by atoms with Crippen LogP contribution in [0.4, 0.5) is 0 Å². The number of rotatable bonds is 0. The Kier molecular flexibility index (Phi) is 0.950. The maximum Gasteiger partial charge on any atom is 0.0331 e. The van der Waals surface area contributed by atoms with E-state index in [1.165, 1.54) is 11.3 Å². The minimum atomic E-state index is 1.00. The zero-order chi connectivity index (χ0) is 6.10. The van der Waals surface area contributed by atoms with Gasteiger partial charge in [0.25, 0.3) is 0 Å². The van der Waals surface area contributed by atoms with Gasteiger partial charge in [-0.1, -0.05) is 24.3 Å². The maximum atomic E-state index is 3.31. The van der Waals surface area contributed by atoms with E-state index < -0.39 is 0 Å². The summed E-state index contributed by atoms with van der Waals surface area (Å²) in [6.45, 7) is 1.00. The van der Waals surface area contributed by atoms with Crippen LogP contribution in [0.1, 0.15) is 6.42 Å². The van der Waals surface area contributed by atoms with Crippen molar-refractivity contribution in [2.45, 2.75) is 6.42 Å². The van der Waals surface area contributed by atoms with Crippen molar-refractivity contribution in [1.82, 2.24) is 5.32 Å². The van der Waals surface area contributed by atoms with Gasteiger partial charge in [0, 0.05) is 18.7 Å². The Morgan fingerprint density at radius 3 is 3.00 bits per heavy atom. The highest BCUT2D eigenvalue weighted by molar-refractivity contribution is 5.42. The van der Waals surface area contributed by atoms with Crippen LogP contribution >= 0.6 is 0 Å². The van der Waals surface area contributed by atoms with Crippen LogP contribution in [0.25, 0.3) is 0 Å². The summed E-state index contributed by atoms with van der Waals surface area (Å²) in [4.78, 5) is 0. The molecule has 0 fully saturated rings. The number of hydrogen-bond donors (Lipinski definition) is 1. The highest BCUT2D eigenvalue weighted by Gasteiger charge is 2.07. The van der Waals surface area contributed by atoms with Gasteiger partial charge in [-0.25, -0.2) is 0 Å². The van der Waals surface area contributed by atoms with E-state index in [0.717, 1.165) is 13.0 Å². The predicted octanol–water partition coefficient (Wildman–Crippen LogP) is 1.36. The molecule has 0 spiro atoms. The summed E-state index contributed by atoms with van der Waals surface area (Å²) >= 11 is 0. The minimum Gasteiger partial charge on any atom is -0.384 e. The van der Waals surface area contributed by atoms with E-state index in [1.54, 1.807) is 0 Å². The molecule has 1 heterocycles. The zero-order valence-electron chi connectivity index (χ0n) is 5.22. The van der Waals surface area contributed by atoms with Crippen LogP contribution in [0.2, 0.25) is 0 Å². The predicted molar refractivity (Wildman–Crippen MR) is 37.9 cm³/mol. The Morgan fingerprint density at radius 2 is 2.11 bits per heavy atom. The lowest BCUT2D eigenvalue weighted by Crippen LogP contribution is -2.15. The Hall–Kier alpha value is -0.980. The van der Waals surface area contributed by atoms with Crippen LogP contribution in [-0.2, 0) is 0 Å². The highest BCUT2D eigenvalue weighted by Crippen LogP contribution is 2.19. The SMILES string of the molecule is C1=CC2=C(CC=C2)NC1. The third kappa shape index (κ3) is 0.689. The Bertz CT molecular complexity index is 209. The normalized spacial score (nSPS) is 22.2. The largest absolute Gasteiger partial charge is 0.384 e. The summed E-state index contributed by atoms with van der Waals surface area (Å²) in [5.74, 6) is 0. The molecule has 9 heavy (non-hydrogen) atoms. The van der Waals surface area contributed by atoms with E-state index in [9.17, 15) is 0 Å². The minimum absolute atomic E-state index is 1.00. The van der Waals surface area contributed by atoms with Crippen LogP contribution in [0.5, 0.6) is 0 Å². The third-order valence-electron chi connectivity index (χ3n) is 1.70. The van der Waals surface area contributed by atoms with E-state index in [1.807, 2.05) is 0 Å². The quantitative estimate of drug-likeness (QED) is 0.507. The molecule has 2 rings (SSSR count). The number of hydrogen-bond acceptors (Lipinski definition) is 1. The van der Waals surface area contributed by atoms with Gasteiger partial charge >= 0.3 is 0 Å². The second-order valence-electron chi connectivity index (χ2n) is 2.32. The second-order valence-corrected chi connectivity index (χ2v) is 2.32. The molecule has 0 saturated heterocycles. The Labute approximate surface area is 54.8 Å². The average molecular weight is 119 g/mol. The van der Waals surface area contributed by atoms with E-state index in [0.29, 0.717) is 0 Å². The van der Waals surface area contributed by atoms with Gasteiger partial charge in [0.1, 0.15) is 0 Å². The molecular formula is C8H9N. The molecule has 2 aliphatic rings.